The second-order valence-electron chi connectivity index (χ2n) is 5.50. The van der Waals surface area contributed by atoms with E-state index < -0.39 is 5.97 Å². The summed E-state index contributed by atoms with van der Waals surface area (Å²) in [5.41, 5.74) is 0.922. The van der Waals surface area contributed by atoms with Gasteiger partial charge in [0, 0.05) is 11.6 Å². The molecule has 1 heterocycles. The van der Waals surface area contributed by atoms with E-state index in [1.165, 1.54) is 0 Å². The number of thiazole rings is 1. The third-order valence-corrected chi connectivity index (χ3v) is 5.30. The number of rotatable bonds is 4. The molecule has 0 amide bonds. The molecule has 3 rings (SSSR count). The summed E-state index contributed by atoms with van der Waals surface area (Å²) in [5, 5.41) is 14.1. The maximum Gasteiger partial charge on any atom is 0.306 e. The molecule has 2 aromatic rings. The SMILES string of the molecule is O=C(O)[C@H]1CCCC[C@H]1CNc1nc2ccc(Cl)cc2s1. The lowest BCUT2D eigenvalue weighted by Gasteiger charge is -2.28. The fourth-order valence-corrected chi connectivity index (χ4v) is 4.12. The van der Waals surface area contributed by atoms with Crippen molar-refractivity contribution >= 4 is 44.3 Å². The van der Waals surface area contributed by atoms with Gasteiger partial charge in [-0.25, -0.2) is 4.98 Å². The zero-order chi connectivity index (χ0) is 14.8. The smallest absolute Gasteiger partial charge is 0.306 e. The van der Waals surface area contributed by atoms with Crippen LogP contribution in [0.3, 0.4) is 0 Å². The van der Waals surface area contributed by atoms with Crippen molar-refractivity contribution in [3.05, 3.63) is 23.2 Å². The number of fused-ring (bicyclic) bond motifs is 1. The second-order valence-corrected chi connectivity index (χ2v) is 6.97. The predicted octanol–water partition coefficient (Wildman–Crippen LogP) is 4.25. The molecule has 1 saturated carbocycles. The number of carboxylic acid groups (broad SMARTS) is 1. The first-order valence-electron chi connectivity index (χ1n) is 7.16. The summed E-state index contributed by atoms with van der Waals surface area (Å²) in [5.74, 6) is -0.709. The monoisotopic (exact) mass is 324 g/mol. The molecule has 2 N–H and O–H groups in total. The third kappa shape index (κ3) is 3.30. The highest BCUT2D eigenvalue weighted by atomic mass is 35.5. The van der Waals surface area contributed by atoms with Crippen LogP contribution in [0.2, 0.25) is 5.02 Å². The maximum atomic E-state index is 11.3. The van der Waals surface area contributed by atoms with Gasteiger partial charge in [-0.05, 0) is 37.0 Å². The number of carbonyl (C=O) groups is 1. The van der Waals surface area contributed by atoms with Crippen molar-refractivity contribution in [3.63, 3.8) is 0 Å². The van der Waals surface area contributed by atoms with E-state index in [1.54, 1.807) is 11.3 Å². The van der Waals surface area contributed by atoms with Crippen molar-refractivity contribution in [2.24, 2.45) is 11.8 Å². The Labute approximate surface area is 132 Å². The molecule has 0 spiro atoms. The number of hydrogen-bond donors (Lipinski definition) is 2. The van der Waals surface area contributed by atoms with E-state index in [0.29, 0.717) is 11.6 Å². The summed E-state index contributed by atoms with van der Waals surface area (Å²) in [7, 11) is 0. The standard InChI is InChI=1S/C15H17ClN2O2S/c16-10-5-6-12-13(7-10)21-15(18-12)17-8-9-3-1-2-4-11(9)14(19)20/h5-7,9,11H,1-4,8H2,(H,17,18)(H,19,20)/t9-,11-/m0/s1. The highest BCUT2D eigenvalue weighted by molar-refractivity contribution is 7.22. The van der Waals surface area contributed by atoms with Gasteiger partial charge in [-0.3, -0.25) is 4.79 Å². The van der Waals surface area contributed by atoms with Gasteiger partial charge in [-0.15, -0.1) is 0 Å². The number of halogens is 1. The lowest BCUT2D eigenvalue weighted by molar-refractivity contribution is -0.144. The summed E-state index contributed by atoms with van der Waals surface area (Å²) >= 11 is 7.53. The molecule has 1 aliphatic rings. The van der Waals surface area contributed by atoms with Crippen molar-refractivity contribution in [2.75, 3.05) is 11.9 Å². The lowest BCUT2D eigenvalue weighted by Crippen LogP contribution is -2.31. The first kappa shape index (κ1) is 14.6. The quantitative estimate of drug-likeness (QED) is 0.882. The number of nitrogens with one attached hydrogen (secondary N) is 1. The summed E-state index contributed by atoms with van der Waals surface area (Å²) in [6, 6.07) is 5.63. The topological polar surface area (TPSA) is 62.2 Å². The number of hydrogen-bond acceptors (Lipinski definition) is 4. The lowest BCUT2D eigenvalue weighted by atomic mass is 9.79. The van der Waals surface area contributed by atoms with Crippen molar-refractivity contribution in [1.29, 1.82) is 0 Å². The normalized spacial score (nSPS) is 22.3. The van der Waals surface area contributed by atoms with Gasteiger partial charge in [0.15, 0.2) is 5.13 Å². The van der Waals surface area contributed by atoms with Crippen LogP contribution in [0.15, 0.2) is 18.2 Å². The highest BCUT2D eigenvalue weighted by Crippen LogP contribution is 2.32. The van der Waals surface area contributed by atoms with Gasteiger partial charge in [0.25, 0.3) is 0 Å². The van der Waals surface area contributed by atoms with Crippen LogP contribution in [-0.2, 0) is 4.79 Å². The first-order valence-corrected chi connectivity index (χ1v) is 8.35. The van der Waals surface area contributed by atoms with Crippen LogP contribution in [0.5, 0.6) is 0 Å². The van der Waals surface area contributed by atoms with Gasteiger partial charge >= 0.3 is 5.97 Å². The molecule has 1 aromatic carbocycles. The summed E-state index contributed by atoms with van der Waals surface area (Å²) in [4.78, 5) is 15.8. The Bertz CT molecular complexity index is 658. The van der Waals surface area contributed by atoms with E-state index in [9.17, 15) is 9.90 Å². The average Bonchev–Trinajstić information content (AvgIpc) is 2.87. The minimum Gasteiger partial charge on any atom is -0.481 e. The molecule has 0 aliphatic heterocycles. The Balaban J connectivity index is 1.69. The fraction of sp³-hybridized carbons (Fsp3) is 0.467. The Kier molecular flexibility index (Phi) is 4.31. The zero-order valence-corrected chi connectivity index (χ0v) is 13.1. The molecule has 0 unspecified atom stereocenters. The second kappa shape index (κ2) is 6.20. The zero-order valence-electron chi connectivity index (χ0n) is 11.5. The van der Waals surface area contributed by atoms with Crippen LogP contribution < -0.4 is 5.32 Å². The first-order chi connectivity index (χ1) is 10.1. The van der Waals surface area contributed by atoms with Gasteiger partial charge in [-0.2, -0.15) is 0 Å². The van der Waals surface area contributed by atoms with Crippen LogP contribution in [0.25, 0.3) is 10.2 Å². The molecule has 112 valence electrons. The summed E-state index contributed by atoms with van der Waals surface area (Å²) in [6.45, 7) is 0.671. The van der Waals surface area contributed by atoms with Gasteiger partial charge in [-0.1, -0.05) is 35.8 Å². The largest absolute Gasteiger partial charge is 0.481 e. The van der Waals surface area contributed by atoms with Crippen LogP contribution >= 0.6 is 22.9 Å². The number of nitrogens with zero attached hydrogens (tertiary/aromatic N) is 1. The summed E-state index contributed by atoms with van der Waals surface area (Å²) < 4.78 is 1.04. The Morgan fingerprint density at radius 3 is 3.05 bits per heavy atom. The molecule has 1 aliphatic carbocycles. The molecule has 1 aromatic heterocycles. The molecular formula is C15H17ClN2O2S. The van der Waals surface area contributed by atoms with Crippen LogP contribution in [0.1, 0.15) is 25.7 Å². The molecule has 0 saturated heterocycles. The highest BCUT2D eigenvalue weighted by Gasteiger charge is 2.30. The molecular weight excluding hydrogens is 308 g/mol. The Morgan fingerprint density at radius 2 is 2.24 bits per heavy atom. The van der Waals surface area contributed by atoms with E-state index in [-0.39, 0.29) is 11.8 Å². The van der Waals surface area contributed by atoms with Gasteiger partial charge < -0.3 is 10.4 Å². The van der Waals surface area contributed by atoms with Gasteiger partial charge in [0.2, 0.25) is 0 Å². The summed E-state index contributed by atoms with van der Waals surface area (Å²) in [6.07, 6.45) is 3.90. The molecule has 4 nitrogen and oxygen atoms in total. The van der Waals surface area contributed by atoms with Crippen molar-refractivity contribution in [1.82, 2.24) is 4.98 Å². The van der Waals surface area contributed by atoms with E-state index in [1.807, 2.05) is 18.2 Å². The maximum absolute atomic E-state index is 11.3. The fourth-order valence-electron chi connectivity index (χ4n) is 2.97. The predicted molar refractivity (Wildman–Crippen MR) is 86.2 cm³/mol. The van der Waals surface area contributed by atoms with Gasteiger partial charge in [0.05, 0.1) is 16.1 Å². The van der Waals surface area contributed by atoms with Crippen molar-refractivity contribution in [2.45, 2.75) is 25.7 Å². The molecule has 21 heavy (non-hydrogen) atoms. The number of aromatic nitrogens is 1. The number of anilines is 1. The third-order valence-electron chi connectivity index (χ3n) is 4.09. The van der Waals surface area contributed by atoms with Crippen molar-refractivity contribution in [3.8, 4) is 0 Å². The van der Waals surface area contributed by atoms with E-state index in [0.717, 1.165) is 41.0 Å². The van der Waals surface area contributed by atoms with E-state index in [2.05, 4.69) is 10.3 Å². The minimum atomic E-state index is -0.669. The average molecular weight is 325 g/mol. The molecule has 6 heteroatoms. The van der Waals surface area contributed by atoms with Crippen molar-refractivity contribution < 1.29 is 9.90 Å². The molecule has 0 radical (unpaired) electrons. The Hall–Kier alpha value is -1.33. The number of benzene rings is 1. The van der Waals surface area contributed by atoms with Gasteiger partial charge in [0.1, 0.15) is 0 Å². The molecule has 0 bridgehead atoms. The number of carboxylic acids is 1. The van der Waals surface area contributed by atoms with Crippen LogP contribution in [-0.4, -0.2) is 22.6 Å². The van der Waals surface area contributed by atoms with E-state index >= 15 is 0 Å². The molecule has 2 atom stereocenters. The number of aliphatic carboxylic acids is 1. The molecule has 1 fully saturated rings. The Morgan fingerprint density at radius 1 is 1.43 bits per heavy atom. The van der Waals surface area contributed by atoms with Crippen LogP contribution in [0.4, 0.5) is 5.13 Å². The van der Waals surface area contributed by atoms with E-state index in [4.69, 9.17) is 11.6 Å². The van der Waals surface area contributed by atoms with Crippen LogP contribution in [0, 0.1) is 11.8 Å². The minimum absolute atomic E-state index is 0.187.